The summed E-state index contributed by atoms with van der Waals surface area (Å²) in [5.41, 5.74) is 4.41. The lowest BCUT2D eigenvalue weighted by molar-refractivity contribution is -0.150. The molecule has 0 radical (unpaired) electrons. The molecule has 0 aliphatic rings. The molecule has 1 heterocycles. The van der Waals surface area contributed by atoms with E-state index in [9.17, 15) is 14.4 Å². The van der Waals surface area contributed by atoms with Crippen molar-refractivity contribution in [3.8, 4) is 0 Å². The van der Waals surface area contributed by atoms with Crippen molar-refractivity contribution in [3.05, 3.63) is 65.4 Å². The van der Waals surface area contributed by atoms with Crippen LogP contribution in [0.1, 0.15) is 23.6 Å². The molecular formula is C23H25N3O4. The minimum atomic E-state index is -0.893. The van der Waals surface area contributed by atoms with Gasteiger partial charge in [0.25, 0.3) is 5.91 Å². The van der Waals surface area contributed by atoms with Gasteiger partial charge in [0.05, 0.1) is 0 Å². The topological polar surface area (TPSA) is 100 Å². The van der Waals surface area contributed by atoms with E-state index in [2.05, 4.69) is 15.6 Å². The number of aromatic amines is 1. The van der Waals surface area contributed by atoms with Gasteiger partial charge in [-0.05, 0) is 42.7 Å². The summed E-state index contributed by atoms with van der Waals surface area (Å²) in [6.45, 7) is 4.71. The van der Waals surface area contributed by atoms with Gasteiger partial charge in [0, 0.05) is 36.1 Å². The molecular weight excluding hydrogens is 382 g/mol. The fraction of sp³-hybridized carbons (Fsp3) is 0.261. The van der Waals surface area contributed by atoms with Crippen LogP contribution in [0.4, 0.5) is 5.69 Å². The lowest BCUT2D eigenvalue weighted by Gasteiger charge is -2.17. The Labute approximate surface area is 174 Å². The summed E-state index contributed by atoms with van der Waals surface area (Å²) in [6, 6.07) is 12.5. The Balaban J connectivity index is 1.64. The van der Waals surface area contributed by atoms with Crippen LogP contribution in [-0.2, 0) is 25.5 Å². The van der Waals surface area contributed by atoms with Gasteiger partial charge in [-0.15, -0.1) is 0 Å². The number of H-pyrrole nitrogens is 1. The highest BCUT2D eigenvalue weighted by Crippen LogP contribution is 2.20. The number of carbonyl (C=O) groups excluding carboxylic acids is 3. The summed E-state index contributed by atoms with van der Waals surface area (Å²) in [5.74, 6) is -1.45. The number of aryl methyl sites for hydroxylation is 2. The molecule has 7 heteroatoms. The van der Waals surface area contributed by atoms with E-state index in [0.717, 1.165) is 27.6 Å². The Morgan fingerprint density at radius 2 is 1.87 bits per heavy atom. The number of hydrogen-bond donors (Lipinski definition) is 3. The number of para-hydroxylation sites is 1. The van der Waals surface area contributed by atoms with E-state index in [1.807, 2.05) is 56.3 Å². The second-order valence-electron chi connectivity index (χ2n) is 7.29. The maximum absolute atomic E-state index is 12.6. The normalized spacial score (nSPS) is 11.7. The fourth-order valence-corrected chi connectivity index (χ4v) is 3.25. The van der Waals surface area contributed by atoms with Crippen LogP contribution in [0, 0.1) is 13.8 Å². The largest absolute Gasteiger partial charge is 0.454 e. The standard InChI is InChI=1S/C23H25N3O4/c1-14-8-9-15(2)20(10-14)26-22(28)13-30-23(29)21(25-16(3)27)11-17-12-24-19-7-5-4-6-18(17)19/h4-10,12,21,24H,11,13H2,1-3H3,(H,25,27)(H,26,28)/t21-/m0/s1. The highest BCUT2D eigenvalue weighted by Gasteiger charge is 2.24. The molecule has 0 saturated carbocycles. The van der Waals surface area contributed by atoms with E-state index < -0.39 is 24.5 Å². The molecule has 0 unspecified atom stereocenters. The van der Waals surface area contributed by atoms with Crippen molar-refractivity contribution in [1.29, 1.82) is 0 Å². The van der Waals surface area contributed by atoms with Crippen LogP contribution in [0.25, 0.3) is 10.9 Å². The van der Waals surface area contributed by atoms with Gasteiger partial charge >= 0.3 is 5.97 Å². The summed E-state index contributed by atoms with van der Waals surface area (Å²) in [4.78, 5) is 39.6. The van der Waals surface area contributed by atoms with E-state index in [1.54, 1.807) is 6.20 Å². The predicted molar refractivity (Wildman–Crippen MR) is 115 cm³/mol. The highest BCUT2D eigenvalue weighted by molar-refractivity contribution is 5.94. The Bertz CT molecular complexity index is 1090. The Morgan fingerprint density at radius 1 is 1.10 bits per heavy atom. The van der Waals surface area contributed by atoms with Gasteiger partial charge in [0.15, 0.2) is 6.61 Å². The third kappa shape index (κ3) is 5.26. The number of nitrogens with one attached hydrogen (secondary N) is 3. The third-order valence-corrected chi connectivity index (χ3v) is 4.77. The van der Waals surface area contributed by atoms with Crippen LogP contribution in [0.2, 0.25) is 0 Å². The second kappa shape index (κ2) is 9.26. The number of esters is 1. The first-order valence-electron chi connectivity index (χ1n) is 9.69. The zero-order valence-electron chi connectivity index (χ0n) is 17.2. The molecule has 7 nitrogen and oxygen atoms in total. The zero-order chi connectivity index (χ0) is 21.7. The summed E-state index contributed by atoms with van der Waals surface area (Å²) in [5, 5.41) is 6.33. The van der Waals surface area contributed by atoms with Gasteiger partial charge in [-0.1, -0.05) is 30.3 Å². The average molecular weight is 407 g/mol. The number of carbonyl (C=O) groups is 3. The molecule has 2 aromatic carbocycles. The minimum Gasteiger partial charge on any atom is -0.454 e. The zero-order valence-corrected chi connectivity index (χ0v) is 17.2. The number of fused-ring (bicyclic) bond motifs is 1. The third-order valence-electron chi connectivity index (χ3n) is 4.77. The van der Waals surface area contributed by atoms with Crippen molar-refractivity contribution < 1.29 is 19.1 Å². The lowest BCUT2D eigenvalue weighted by atomic mass is 10.0. The van der Waals surface area contributed by atoms with Gasteiger partial charge in [-0.2, -0.15) is 0 Å². The average Bonchev–Trinajstić information content (AvgIpc) is 3.11. The number of ether oxygens (including phenoxy) is 1. The van der Waals surface area contributed by atoms with Crippen molar-refractivity contribution in [2.24, 2.45) is 0 Å². The second-order valence-corrected chi connectivity index (χ2v) is 7.29. The van der Waals surface area contributed by atoms with Crippen molar-refractivity contribution in [2.45, 2.75) is 33.2 Å². The molecule has 1 atom stereocenters. The number of amides is 2. The smallest absolute Gasteiger partial charge is 0.329 e. The maximum Gasteiger partial charge on any atom is 0.329 e. The van der Waals surface area contributed by atoms with Gasteiger partial charge in [-0.3, -0.25) is 9.59 Å². The molecule has 0 aliphatic heterocycles. The Kier molecular flexibility index (Phi) is 6.51. The van der Waals surface area contributed by atoms with Gasteiger partial charge in [0.2, 0.25) is 5.91 Å². The van der Waals surface area contributed by atoms with E-state index in [1.165, 1.54) is 6.92 Å². The van der Waals surface area contributed by atoms with Crippen LogP contribution >= 0.6 is 0 Å². The number of aromatic nitrogens is 1. The predicted octanol–water partition coefficient (Wildman–Crippen LogP) is 3.01. The molecule has 0 aliphatic carbocycles. The monoisotopic (exact) mass is 407 g/mol. The Hall–Kier alpha value is -3.61. The van der Waals surface area contributed by atoms with Crippen LogP contribution in [-0.4, -0.2) is 35.4 Å². The quantitative estimate of drug-likeness (QED) is 0.524. The van der Waals surface area contributed by atoms with Crippen molar-refractivity contribution >= 4 is 34.4 Å². The van der Waals surface area contributed by atoms with Gasteiger partial charge in [0.1, 0.15) is 6.04 Å². The Morgan fingerprint density at radius 3 is 2.63 bits per heavy atom. The van der Waals surface area contributed by atoms with Gasteiger partial charge < -0.3 is 20.4 Å². The molecule has 156 valence electrons. The van der Waals surface area contributed by atoms with Crippen molar-refractivity contribution in [2.75, 3.05) is 11.9 Å². The first-order valence-corrected chi connectivity index (χ1v) is 9.69. The molecule has 3 rings (SSSR count). The van der Waals surface area contributed by atoms with E-state index in [4.69, 9.17) is 4.74 Å². The molecule has 3 aromatic rings. The first-order chi connectivity index (χ1) is 14.3. The first kappa shape index (κ1) is 21.1. The van der Waals surface area contributed by atoms with E-state index in [0.29, 0.717) is 5.69 Å². The molecule has 2 amide bonds. The number of hydrogen-bond acceptors (Lipinski definition) is 4. The number of rotatable bonds is 7. The summed E-state index contributed by atoms with van der Waals surface area (Å²) >= 11 is 0. The van der Waals surface area contributed by atoms with E-state index >= 15 is 0 Å². The molecule has 0 spiro atoms. The summed E-state index contributed by atoms with van der Waals surface area (Å²) < 4.78 is 5.19. The molecule has 30 heavy (non-hydrogen) atoms. The molecule has 0 fully saturated rings. The van der Waals surface area contributed by atoms with Crippen LogP contribution in [0.3, 0.4) is 0 Å². The summed E-state index contributed by atoms with van der Waals surface area (Å²) in [6.07, 6.45) is 2.06. The molecule has 3 N–H and O–H groups in total. The molecule has 0 saturated heterocycles. The van der Waals surface area contributed by atoms with Crippen LogP contribution < -0.4 is 10.6 Å². The summed E-state index contributed by atoms with van der Waals surface area (Å²) in [7, 11) is 0. The molecule has 0 bridgehead atoms. The number of anilines is 1. The molecule has 1 aromatic heterocycles. The number of benzene rings is 2. The fourth-order valence-electron chi connectivity index (χ4n) is 3.25. The lowest BCUT2D eigenvalue weighted by Crippen LogP contribution is -2.43. The van der Waals surface area contributed by atoms with Crippen LogP contribution in [0.5, 0.6) is 0 Å². The van der Waals surface area contributed by atoms with Gasteiger partial charge in [-0.25, -0.2) is 4.79 Å². The van der Waals surface area contributed by atoms with Crippen molar-refractivity contribution in [1.82, 2.24) is 10.3 Å². The highest BCUT2D eigenvalue weighted by atomic mass is 16.5. The van der Waals surface area contributed by atoms with Crippen molar-refractivity contribution in [3.63, 3.8) is 0 Å². The SMILES string of the molecule is CC(=O)N[C@@H](Cc1c[nH]c2ccccc12)C(=O)OCC(=O)Nc1cc(C)ccc1C. The minimum absolute atomic E-state index is 0.251. The van der Waals surface area contributed by atoms with Crippen LogP contribution in [0.15, 0.2) is 48.7 Å². The van der Waals surface area contributed by atoms with E-state index in [-0.39, 0.29) is 12.3 Å². The maximum atomic E-state index is 12.6.